The minimum atomic E-state index is -4.26. The number of fused-ring (bicyclic) bond motifs is 1. The number of rotatable bonds is 7. The summed E-state index contributed by atoms with van der Waals surface area (Å²) in [4.78, 5) is 5.69. The molecule has 126 valence electrons. The molecule has 1 aromatic carbocycles. The molecule has 0 aliphatic rings. The van der Waals surface area contributed by atoms with Crippen LogP contribution in [0.2, 0.25) is 0 Å². The number of benzene rings is 1. The first kappa shape index (κ1) is 17.5. The van der Waals surface area contributed by atoms with Crippen LogP contribution in [0.3, 0.4) is 0 Å². The maximum absolute atomic E-state index is 12.8. The van der Waals surface area contributed by atoms with Crippen molar-refractivity contribution in [1.82, 2.24) is 9.88 Å². The summed E-state index contributed by atoms with van der Waals surface area (Å²) in [5, 5.41) is 0.870. The van der Waals surface area contributed by atoms with E-state index >= 15 is 0 Å². The number of methoxy groups -OCH3 is 1. The van der Waals surface area contributed by atoms with E-state index in [4.69, 9.17) is 10.5 Å². The smallest absolute Gasteiger partial charge is 0.401 e. The van der Waals surface area contributed by atoms with E-state index in [-0.39, 0.29) is 13.1 Å². The molecule has 0 aliphatic heterocycles. The predicted molar refractivity (Wildman–Crippen MR) is 83.3 cm³/mol. The Balaban J connectivity index is 2.28. The lowest BCUT2D eigenvalue weighted by Crippen LogP contribution is -2.35. The molecule has 0 bridgehead atoms. The van der Waals surface area contributed by atoms with Gasteiger partial charge in [0.1, 0.15) is 0 Å². The van der Waals surface area contributed by atoms with Gasteiger partial charge in [-0.05, 0) is 25.1 Å². The first-order chi connectivity index (χ1) is 10.9. The molecule has 4 nitrogen and oxygen atoms in total. The molecular formula is C16H20F3N3O. The molecule has 0 atom stereocenters. The van der Waals surface area contributed by atoms with Crippen molar-refractivity contribution in [2.75, 3.05) is 26.7 Å². The quantitative estimate of drug-likeness (QED) is 0.849. The molecule has 2 rings (SSSR count). The van der Waals surface area contributed by atoms with Crippen LogP contribution in [0.4, 0.5) is 13.2 Å². The highest BCUT2D eigenvalue weighted by Gasteiger charge is 2.30. The third-order valence-corrected chi connectivity index (χ3v) is 3.43. The molecule has 23 heavy (non-hydrogen) atoms. The topological polar surface area (TPSA) is 51.4 Å². The number of hydrogen-bond donors (Lipinski definition) is 1. The summed E-state index contributed by atoms with van der Waals surface area (Å²) in [5.41, 5.74) is 6.80. The Morgan fingerprint density at radius 2 is 2.00 bits per heavy atom. The molecular weight excluding hydrogens is 307 g/mol. The van der Waals surface area contributed by atoms with E-state index in [1.54, 1.807) is 0 Å². The van der Waals surface area contributed by atoms with Crippen molar-refractivity contribution in [1.29, 1.82) is 0 Å². The zero-order valence-corrected chi connectivity index (χ0v) is 12.9. The van der Waals surface area contributed by atoms with Crippen LogP contribution in [-0.2, 0) is 6.54 Å². The average Bonchev–Trinajstić information content (AvgIpc) is 2.50. The number of alkyl halides is 3. The second-order valence-electron chi connectivity index (χ2n) is 5.32. The van der Waals surface area contributed by atoms with E-state index in [1.165, 1.54) is 12.0 Å². The molecule has 0 unspecified atom stereocenters. The lowest BCUT2D eigenvalue weighted by atomic mass is 10.1. The number of nitrogens with zero attached hydrogens (tertiary/aromatic N) is 2. The fourth-order valence-corrected chi connectivity index (χ4v) is 2.46. The van der Waals surface area contributed by atoms with Crippen LogP contribution in [0.5, 0.6) is 5.88 Å². The maximum Gasteiger partial charge on any atom is 0.401 e. The van der Waals surface area contributed by atoms with Crippen LogP contribution in [0.25, 0.3) is 10.9 Å². The van der Waals surface area contributed by atoms with Crippen LogP contribution in [0.1, 0.15) is 12.0 Å². The zero-order chi connectivity index (χ0) is 16.9. The standard InChI is InChI=1S/C16H20F3N3O/c1-23-15-13(9-12-5-2-3-6-14(12)21-15)10-22(8-4-7-20)11-16(17,18)19/h2-3,5-6,9H,4,7-8,10-11,20H2,1H3. The van der Waals surface area contributed by atoms with Gasteiger partial charge in [0.15, 0.2) is 0 Å². The number of ether oxygens (including phenoxy) is 1. The van der Waals surface area contributed by atoms with Gasteiger partial charge in [-0.2, -0.15) is 13.2 Å². The largest absolute Gasteiger partial charge is 0.481 e. The van der Waals surface area contributed by atoms with Crippen LogP contribution in [0.15, 0.2) is 30.3 Å². The van der Waals surface area contributed by atoms with Crippen molar-refractivity contribution in [3.63, 3.8) is 0 Å². The molecule has 2 aromatic rings. The number of nitrogens with two attached hydrogens (primary N) is 1. The van der Waals surface area contributed by atoms with E-state index in [0.717, 1.165) is 10.9 Å². The average molecular weight is 327 g/mol. The fourth-order valence-electron chi connectivity index (χ4n) is 2.46. The lowest BCUT2D eigenvalue weighted by molar-refractivity contribution is -0.147. The first-order valence-corrected chi connectivity index (χ1v) is 7.35. The Hall–Kier alpha value is -1.86. The summed E-state index contributed by atoms with van der Waals surface area (Å²) < 4.78 is 43.5. The van der Waals surface area contributed by atoms with Crippen LogP contribution in [-0.4, -0.2) is 42.8 Å². The highest BCUT2D eigenvalue weighted by Crippen LogP contribution is 2.25. The molecule has 0 spiro atoms. The number of para-hydroxylation sites is 1. The number of halogens is 3. The molecule has 0 amide bonds. The second-order valence-corrected chi connectivity index (χ2v) is 5.32. The highest BCUT2D eigenvalue weighted by molar-refractivity contribution is 5.80. The van der Waals surface area contributed by atoms with Gasteiger partial charge in [0.25, 0.3) is 0 Å². The Kier molecular flexibility index (Phi) is 5.79. The summed E-state index contributed by atoms with van der Waals surface area (Å²) in [7, 11) is 1.47. The molecule has 1 aromatic heterocycles. The Labute approximate surface area is 133 Å². The van der Waals surface area contributed by atoms with Gasteiger partial charge in [0, 0.05) is 24.0 Å². The van der Waals surface area contributed by atoms with E-state index < -0.39 is 12.7 Å². The summed E-state index contributed by atoms with van der Waals surface area (Å²) in [5.74, 6) is 0.351. The van der Waals surface area contributed by atoms with Gasteiger partial charge in [0.2, 0.25) is 5.88 Å². The molecule has 0 saturated carbocycles. The second kappa shape index (κ2) is 7.61. The molecule has 7 heteroatoms. The maximum atomic E-state index is 12.8. The number of pyridine rings is 1. The Morgan fingerprint density at radius 3 is 2.65 bits per heavy atom. The van der Waals surface area contributed by atoms with Crippen molar-refractivity contribution in [2.24, 2.45) is 5.73 Å². The van der Waals surface area contributed by atoms with E-state index in [9.17, 15) is 13.2 Å². The first-order valence-electron chi connectivity index (χ1n) is 7.35. The van der Waals surface area contributed by atoms with Gasteiger partial charge in [-0.3, -0.25) is 4.90 Å². The van der Waals surface area contributed by atoms with E-state index in [1.807, 2.05) is 30.3 Å². The number of aromatic nitrogens is 1. The van der Waals surface area contributed by atoms with Crippen molar-refractivity contribution in [3.05, 3.63) is 35.9 Å². The minimum Gasteiger partial charge on any atom is -0.481 e. The van der Waals surface area contributed by atoms with Gasteiger partial charge < -0.3 is 10.5 Å². The third-order valence-electron chi connectivity index (χ3n) is 3.43. The third kappa shape index (κ3) is 5.07. The lowest BCUT2D eigenvalue weighted by Gasteiger charge is -2.24. The van der Waals surface area contributed by atoms with Crippen LogP contribution >= 0.6 is 0 Å². The van der Waals surface area contributed by atoms with Crippen molar-refractivity contribution in [2.45, 2.75) is 19.1 Å². The Morgan fingerprint density at radius 1 is 1.26 bits per heavy atom. The SMILES string of the molecule is COc1nc2ccccc2cc1CN(CCCN)CC(F)(F)F. The molecule has 0 saturated heterocycles. The molecule has 0 aliphatic carbocycles. The van der Waals surface area contributed by atoms with E-state index in [0.29, 0.717) is 24.4 Å². The highest BCUT2D eigenvalue weighted by atomic mass is 19.4. The van der Waals surface area contributed by atoms with Crippen molar-refractivity contribution < 1.29 is 17.9 Å². The monoisotopic (exact) mass is 327 g/mol. The van der Waals surface area contributed by atoms with Crippen LogP contribution < -0.4 is 10.5 Å². The number of hydrogen-bond acceptors (Lipinski definition) is 4. The molecule has 2 N–H and O–H groups in total. The van der Waals surface area contributed by atoms with Crippen molar-refractivity contribution in [3.8, 4) is 5.88 Å². The Bertz CT molecular complexity index is 646. The molecule has 0 fully saturated rings. The van der Waals surface area contributed by atoms with Gasteiger partial charge >= 0.3 is 6.18 Å². The predicted octanol–water partition coefficient (Wildman–Crippen LogP) is 2.96. The van der Waals surface area contributed by atoms with Crippen molar-refractivity contribution >= 4 is 10.9 Å². The van der Waals surface area contributed by atoms with E-state index in [2.05, 4.69) is 4.98 Å². The van der Waals surface area contributed by atoms with Gasteiger partial charge in [-0.1, -0.05) is 18.2 Å². The normalized spacial score (nSPS) is 12.1. The summed E-state index contributed by atoms with van der Waals surface area (Å²) >= 11 is 0. The summed E-state index contributed by atoms with van der Waals surface area (Å²) in [6.07, 6.45) is -3.76. The van der Waals surface area contributed by atoms with Crippen LogP contribution in [0, 0.1) is 0 Å². The van der Waals surface area contributed by atoms with Gasteiger partial charge in [-0.15, -0.1) is 0 Å². The van der Waals surface area contributed by atoms with Gasteiger partial charge in [-0.25, -0.2) is 4.98 Å². The summed E-state index contributed by atoms with van der Waals surface area (Å²) in [6.45, 7) is -0.253. The minimum absolute atomic E-state index is 0.112. The fraction of sp³-hybridized carbons (Fsp3) is 0.438. The molecule has 1 heterocycles. The summed E-state index contributed by atoms with van der Waals surface area (Å²) in [6, 6.07) is 9.25. The van der Waals surface area contributed by atoms with Gasteiger partial charge in [0.05, 0.1) is 19.2 Å². The zero-order valence-electron chi connectivity index (χ0n) is 12.9. The molecule has 0 radical (unpaired) electrons.